The Hall–Kier alpha value is -0.790. The Labute approximate surface area is 105 Å². The SMILES string of the molecule is CC(C)CCC[C@@H](C)[C@H]1CC=C(C(=O)O)CC1. The van der Waals surface area contributed by atoms with Crippen molar-refractivity contribution < 1.29 is 9.90 Å². The Morgan fingerprint density at radius 3 is 2.59 bits per heavy atom. The molecule has 0 aromatic heterocycles. The summed E-state index contributed by atoms with van der Waals surface area (Å²) in [6.07, 6.45) is 8.63. The molecule has 2 atom stereocenters. The van der Waals surface area contributed by atoms with Gasteiger partial charge in [-0.25, -0.2) is 4.79 Å². The number of carboxylic acid groups (broad SMARTS) is 1. The van der Waals surface area contributed by atoms with Crippen molar-refractivity contribution >= 4 is 5.97 Å². The number of carboxylic acids is 1. The van der Waals surface area contributed by atoms with Crippen LogP contribution in [0.25, 0.3) is 0 Å². The van der Waals surface area contributed by atoms with Gasteiger partial charge in [-0.15, -0.1) is 0 Å². The molecule has 1 N–H and O–H groups in total. The molecule has 0 aliphatic heterocycles. The fraction of sp³-hybridized carbons (Fsp3) is 0.800. The van der Waals surface area contributed by atoms with Gasteiger partial charge in [-0.05, 0) is 37.0 Å². The molecule has 1 rings (SSSR count). The summed E-state index contributed by atoms with van der Waals surface area (Å²) < 4.78 is 0. The van der Waals surface area contributed by atoms with Gasteiger partial charge in [-0.1, -0.05) is 46.1 Å². The standard InChI is InChI=1S/C15H26O2/c1-11(2)5-4-6-12(3)13-7-9-14(10-8-13)15(16)17/h9,11-13H,4-8,10H2,1-3H3,(H,16,17)/t12-,13+/m1/s1. The summed E-state index contributed by atoms with van der Waals surface area (Å²) in [6.45, 7) is 6.87. The number of hydrogen-bond donors (Lipinski definition) is 1. The molecular formula is C15H26O2. The summed E-state index contributed by atoms with van der Waals surface area (Å²) in [5.74, 6) is 1.51. The van der Waals surface area contributed by atoms with E-state index in [0.29, 0.717) is 11.5 Å². The summed E-state index contributed by atoms with van der Waals surface area (Å²) in [5, 5.41) is 8.90. The number of aliphatic carboxylic acids is 1. The van der Waals surface area contributed by atoms with Gasteiger partial charge in [0, 0.05) is 5.57 Å². The molecule has 0 bridgehead atoms. The zero-order chi connectivity index (χ0) is 12.8. The van der Waals surface area contributed by atoms with Crippen molar-refractivity contribution in [3.63, 3.8) is 0 Å². The molecular weight excluding hydrogens is 212 g/mol. The van der Waals surface area contributed by atoms with Gasteiger partial charge in [-0.3, -0.25) is 0 Å². The van der Waals surface area contributed by atoms with Gasteiger partial charge >= 0.3 is 5.97 Å². The van der Waals surface area contributed by atoms with Crippen LogP contribution in [0.1, 0.15) is 59.3 Å². The molecule has 0 fully saturated rings. The van der Waals surface area contributed by atoms with Crippen LogP contribution in [-0.4, -0.2) is 11.1 Å². The second-order valence-corrected chi connectivity index (χ2v) is 5.87. The van der Waals surface area contributed by atoms with Crippen LogP contribution in [0.3, 0.4) is 0 Å². The van der Waals surface area contributed by atoms with Crippen molar-refractivity contribution in [2.24, 2.45) is 17.8 Å². The van der Waals surface area contributed by atoms with Crippen LogP contribution in [0.2, 0.25) is 0 Å². The van der Waals surface area contributed by atoms with Gasteiger partial charge in [0.05, 0.1) is 0 Å². The quantitative estimate of drug-likeness (QED) is 0.750. The Balaban J connectivity index is 2.30. The molecule has 98 valence electrons. The zero-order valence-electron chi connectivity index (χ0n) is 11.4. The molecule has 0 aromatic rings. The summed E-state index contributed by atoms with van der Waals surface area (Å²) in [5.41, 5.74) is 0.621. The summed E-state index contributed by atoms with van der Waals surface area (Å²) in [4.78, 5) is 10.8. The van der Waals surface area contributed by atoms with Crippen LogP contribution >= 0.6 is 0 Å². The predicted octanol–water partition coefficient (Wildman–Crippen LogP) is 4.26. The van der Waals surface area contributed by atoms with E-state index in [0.717, 1.165) is 31.1 Å². The zero-order valence-corrected chi connectivity index (χ0v) is 11.4. The molecule has 1 aliphatic rings. The van der Waals surface area contributed by atoms with Crippen LogP contribution in [0.4, 0.5) is 0 Å². The summed E-state index contributed by atoms with van der Waals surface area (Å²) >= 11 is 0. The summed E-state index contributed by atoms with van der Waals surface area (Å²) in [6, 6.07) is 0. The first-order chi connectivity index (χ1) is 8.00. The third-order valence-corrected chi connectivity index (χ3v) is 3.97. The molecule has 2 heteroatoms. The van der Waals surface area contributed by atoms with Crippen LogP contribution in [0.5, 0.6) is 0 Å². The smallest absolute Gasteiger partial charge is 0.331 e. The minimum Gasteiger partial charge on any atom is -0.478 e. The topological polar surface area (TPSA) is 37.3 Å². The second kappa shape index (κ2) is 6.83. The number of rotatable bonds is 6. The third kappa shape index (κ3) is 4.93. The Kier molecular flexibility index (Phi) is 5.73. The van der Waals surface area contributed by atoms with Gasteiger partial charge in [0.1, 0.15) is 0 Å². The van der Waals surface area contributed by atoms with Crippen LogP contribution in [0, 0.1) is 17.8 Å². The lowest BCUT2D eigenvalue weighted by Gasteiger charge is -2.26. The molecule has 0 unspecified atom stereocenters. The largest absolute Gasteiger partial charge is 0.478 e. The van der Waals surface area contributed by atoms with Gasteiger partial charge < -0.3 is 5.11 Å². The van der Waals surface area contributed by atoms with Crippen molar-refractivity contribution in [2.45, 2.75) is 59.3 Å². The third-order valence-electron chi connectivity index (χ3n) is 3.97. The first-order valence-corrected chi connectivity index (χ1v) is 6.93. The predicted molar refractivity (Wildman–Crippen MR) is 70.9 cm³/mol. The maximum Gasteiger partial charge on any atom is 0.331 e. The molecule has 1 aliphatic carbocycles. The highest BCUT2D eigenvalue weighted by Gasteiger charge is 2.22. The lowest BCUT2D eigenvalue weighted by molar-refractivity contribution is -0.133. The van der Waals surface area contributed by atoms with E-state index in [1.54, 1.807) is 0 Å². The average molecular weight is 238 g/mol. The highest BCUT2D eigenvalue weighted by molar-refractivity contribution is 5.86. The first kappa shape index (κ1) is 14.3. The van der Waals surface area contributed by atoms with E-state index in [2.05, 4.69) is 20.8 Å². The Bertz CT molecular complexity index is 279. The molecule has 0 radical (unpaired) electrons. The fourth-order valence-corrected chi connectivity index (χ4v) is 2.65. The second-order valence-electron chi connectivity index (χ2n) is 5.87. The van der Waals surface area contributed by atoms with E-state index in [1.165, 1.54) is 19.3 Å². The van der Waals surface area contributed by atoms with E-state index < -0.39 is 5.97 Å². The van der Waals surface area contributed by atoms with E-state index in [9.17, 15) is 4.79 Å². The molecule has 0 heterocycles. The highest BCUT2D eigenvalue weighted by Crippen LogP contribution is 2.32. The Morgan fingerprint density at radius 2 is 2.12 bits per heavy atom. The van der Waals surface area contributed by atoms with Gasteiger partial charge in [0.25, 0.3) is 0 Å². The molecule has 0 saturated heterocycles. The number of carbonyl (C=O) groups is 1. The lowest BCUT2D eigenvalue weighted by Crippen LogP contribution is -2.17. The average Bonchev–Trinajstić information content (AvgIpc) is 2.28. The Morgan fingerprint density at radius 1 is 1.41 bits per heavy atom. The monoisotopic (exact) mass is 238 g/mol. The van der Waals surface area contributed by atoms with Crippen molar-refractivity contribution in [1.29, 1.82) is 0 Å². The van der Waals surface area contributed by atoms with E-state index >= 15 is 0 Å². The van der Waals surface area contributed by atoms with Crippen LogP contribution in [0.15, 0.2) is 11.6 Å². The molecule has 0 spiro atoms. The normalized spacial score (nSPS) is 22.4. The van der Waals surface area contributed by atoms with Crippen LogP contribution < -0.4 is 0 Å². The number of allylic oxidation sites excluding steroid dienone is 1. The highest BCUT2D eigenvalue weighted by atomic mass is 16.4. The van der Waals surface area contributed by atoms with Crippen molar-refractivity contribution in [3.8, 4) is 0 Å². The first-order valence-electron chi connectivity index (χ1n) is 6.93. The lowest BCUT2D eigenvalue weighted by atomic mass is 9.79. The maximum absolute atomic E-state index is 10.8. The van der Waals surface area contributed by atoms with E-state index in [1.807, 2.05) is 6.08 Å². The molecule has 17 heavy (non-hydrogen) atoms. The van der Waals surface area contributed by atoms with Gasteiger partial charge in [0.2, 0.25) is 0 Å². The molecule has 0 saturated carbocycles. The molecule has 2 nitrogen and oxygen atoms in total. The minimum absolute atomic E-state index is 0.621. The van der Waals surface area contributed by atoms with Crippen molar-refractivity contribution in [1.82, 2.24) is 0 Å². The van der Waals surface area contributed by atoms with Crippen molar-refractivity contribution in [2.75, 3.05) is 0 Å². The number of hydrogen-bond acceptors (Lipinski definition) is 1. The minimum atomic E-state index is -0.726. The molecule has 0 amide bonds. The van der Waals surface area contributed by atoms with Gasteiger partial charge in [0.15, 0.2) is 0 Å². The van der Waals surface area contributed by atoms with Crippen molar-refractivity contribution in [3.05, 3.63) is 11.6 Å². The fourth-order valence-electron chi connectivity index (χ4n) is 2.65. The van der Waals surface area contributed by atoms with E-state index in [4.69, 9.17) is 5.11 Å². The van der Waals surface area contributed by atoms with Gasteiger partial charge in [-0.2, -0.15) is 0 Å². The van der Waals surface area contributed by atoms with Crippen LogP contribution in [-0.2, 0) is 4.79 Å². The summed E-state index contributed by atoms with van der Waals surface area (Å²) in [7, 11) is 0. The maximum atomic E-state index is 10.8. The molecule has 0 aromatic carbocycles. The van der Waals surface area contributed by atoms with E-state index in [-0.39, 0.29) is 0 Å².